The summed E-state index contributed by atoms with van der Waals surface area (Å²) >= 11 is 0. The van der Waals surface area contributed by atoms with Crippen LogP contribution in [0.2, 0.25) is 0 Å². The average molecular weight is 472 g/mol. The zero-order valence-electron chi connectivity index (χ0n) is 19.4. The first-order valence-electron chi connectivity index (χ1n) is 11.7. The number of anilines is 1. The Morgan fingerprint density at radius 1 is 0.970 bits per heavy atom. The van der Waals surface area contributed by atoms with E-state index in [2.05, 4.69) is 17.0 Å². The van der Waals surface area contributed by atoms with Crippen LogP contribution in [0.5, 0.6) is 5.75 Å². The second-order valence-electron chi connectivity index (χ2n) is 8.69. The van der Waals surface area contributed by atoms with Crippen molar-refractivity contribution in [3.63, 3.8) is 0 Å². The number of sulfonamides is 1. The molecule has 7 nitrogen and oxygen atoms in total. The van der Waals surface area contributed by atoms with Gasteiger partial charge in [0, 0.05) is 50.9 Å². The largest absolute Gasteiger partial charge is 0.494 e. The summed E-state index contributed by atoms with van der Waals surface area (Å²) in [5, 5.41) is 0. The standard InChI is InChI=1S/C25H33N3O4S/c1-3-32-24-10-9-23(19-20(24)2)33(30,31)28-13-11-21(12-14-28)25(29)27-17-15-26(16-18-27)22-7-5-4-6-8-22/h4-10,19,21H,3,11-18H2,1-2H3. The highest BCUT2D eigenvalue weighted by atomic mass is 32.2. The predicted molar refractivity (Wildman–Crippen MR) is 129 cm³/mol. The molecule has 178 valence electrons. The van der Waals surface area contributed by atoms with E-state index in [4.69, 9.17) is 4.74 Å². The van der Waals surface area contributed by atoms with Crippen molar-refractivity contribution in [3.05, 3.63) is 54.1 Å². The minimum absolute atomic E-state index is 0.109. The van der Waals surface area contributed by atoms with Crippen molar-refractivity contribution in [2.75, 3.05) is 50.8 Å². The first-order valence-corrected chi connectivity index (χ1v) is 13.2. The molecule has 8 heteroatoms. The molecule has 2 saturated heterocycles. The van der Waals surface area contributed by atoms with Crippen LogP contribution in [0, 0.1) is 12.8 Å². The Morgan fingerprint density at radius 3 is 2.24 bits per heavy atom. The number of aryl methyl sites for hydroxylation is 1. The van der Waals surface area contributed by atoms with Crippen molar-refractivity contribution in [1.29, 1.82) is 0 Å². The van der Waals surface area contributed by atoms with E-state index < -0.39 is 10.0 Å². The predicted octanol–water partition coefficient (Wildman–Crippen LogP) is 3.14. The third-order valence-electron chi connectivity index (χ3n) is 6.60. The molecule has 1 amide bonds. The van der Waals surface area contributed by atoms with Gasteiger partial charge in [0.1, 0.15) is 5.75 Å². The Morgan fingerprint density at radius 2 is 1.64 bits per heavy atom. The van der Waals surface area contributed by atoms with E-state index in [1.807, 2.05) is 36.9 Å². The summed E-state index contributed by atoms with van der Waals surface area (Å²) in [7, 11) is -3.58. The zero-order valence-corrected chi connectivity index (χ0v) is 20.3. The van der Waals surface area contributed by atoms with Crippen LogP contribution in [0.15, 0.2) is 53.4 Å². The van der Waals surface area contributed by atoms with Gasteiger partial charge in [-0.05, 0) is 62.6 Å². The number of benzene rings is 2. The van der Waals surface area contributed by atoms with Crippen molar-refractivity contribution in [2.45, 2.75) is 31.6 Å². The van der Waals surface area contributed by atoms with Crippen LogP contribution in [0.1, 0.15) is 25.3 Å². The third-order valence-corrected chi connectivity index (χ3v) is 8.49. The van der Waals surface area contributed by atoms with Gasteiger partial charge in [0.15, 0.2) is 0 Å². The molecule has 2 aromatic rings. The molecule has 4 rings (SSSR count). The van der Waals surface area contributed by atoms with E-state index in [0.717, 1.165) is 18.7 Å². The second kappa shape index (κ2) is 10.1. The summed E-state index contributed by atoms with van der Waals surface area (Å²) in [6, 6.07) is 15.3. The summed E-state index contributed by atoms with van der Waals surface area (Å²) < 4.78 is 33.3. The highest BCUT2D eigenvalue weighted by Gasteiger charge is 2.34. The summed E-state index contributed by atoms with van der Waals surface area (Å²) in [6.07, 6.45) is 1.12. The lowest BCUT2D eigenvalue weighted by Crippen LogP contribution is -2.52. The maximum Gasteiger partial charge on any atom is 0.243 e. The molecule has 2 aliphatic heterocycles. The van der Waals surface area contributed by atoms with Gasteiger partial charge >= 0.3 is 0 Å². The van der Waals surface area contributed by atoms with E-state index in [9.17, 15) is 13.2 Å². The Balaban J connectivity index is 1.32. The number of hydrogen-bond donors (Lipinski definition) is 0. The smallest absolute Gasteiger partial charge is 0.243 e. The number of rotatable bonds is 6. The molecule has 0 saturated carbocycles. The highest BCUT2D eigenvalue weighted by Crippen LogP contribution is 2.28. The minimum atomic E-state index is -3.58. The molecule has 0 atom stereocenters. The van der Waals surface area contributed by atoms with E-state index in [0.29, 0.717) is 51.4 Å². The quantitative estimate of drug-likeness (QED) is 0.647. The van der Waals surface area contributed by atoms with Crippen LogP contribution in [0.3, 0.4) is 0 Å². The Hall–Kier alpha value is -2.58. The fraction of sp³-hybridized carbons (Fsp3) is 0.480. The molecule has 0 aliphatic carbocycles. The van der Waals surface area contributed by atoms with Crippen molar-refractivity contribution in [1.82, 2.24) is 9.21 Å². The number of piperidine rings is 1. The monoisotopic (exact) mass is 471 g/mol. The van der Waals surface area contributed by atoms with E-state index in [1.165, 1.54) is 9.99 Å². The first-order chi connectivity index (χ1) is 15.9. The van der Waals surface area contributed by atoms with Gasteiger partial charge in [-0.15, -0.1) is 0 Å². The Labute approximate surface area is 197 Å². The molecule has 0 spiro atoms. The van der Waals surface area contributed by atoms with Gasteiger partial charge in [0.25, 0.3) is 0 Å². The molecule has 2 aliphatic rings. The number of carbonyl (C=O) groups excluding carboxylic acids is 1. The zero-order chi connectivity index (χ0) is 23.4. The fourth-order valence-electron chi connectivity index (χ4n) is 4.67. The molecule has 0 N–H and O–H groups in total. The summed E-state index contributed by atoms with van der Waals surface area (Å²) in [4.78, 5) is 17.6. The van der Waals surface area contributed by atoms with Crippen molar-refractivity contribution >= 4 is 21.6 Å². The lowest BCUT2D eigenvalue weighted by molar-refractivity contribution is -0.137. The van der Waals surface area contributed by atoms with Gasteiger partial charge in [-0.2, -0.15) is 4.31 Å². The molecule has 2 aromatic carbocycles. The fourth-order valence-corrected chi connectivity index (χ4v) is 6.23. The summed E-state index contributed by atoms with van der Waals surface area (Å²) in [5.74, 6) is 0.756. The topological polar surface area (TPSA) is 70.2 Å². The first kappa shape index (κ1) is 23.6. The van der Waals surface area contributed by atoms with Crippen LogP contribution < -0.4 is 9.64 Å². The van der Waals surface area contributed by atoms with Gasteiger partial charge in [-0.3, -0.25) is 4.79 Å². The molecule has 33 heavy (non-hydrogen) atoms. The van der Waals surface area contributed by atoms with Crippen LogP contribution >= 0.6 is 0 Å². The number of para-hydroxylation sites is 1. The molecule has 0 aromatic heterocycles. The van der Waals surface area contributed by atoms with Crippen LogP contribution in [-0.2, 0) is 14.8 Å². The number of nitrogens with zero attached hydrogens (tertiary/aromatic N) is 3. The molecule has 0 unspecified atom stereocenters. The van der Waals surface area contributed by atoms with Crippen LogP contribution in [0.4, 0.5) is 5.69 Å². The lowest BCUT2D eigenvalue weighted by Gasteiger charge is -2.39. The SMILES string of the molecule is CCOc1ccc(S(=O)(=O)N2CCC(C(=O)N3CCN(c4ccccc4)CC3)CC2)cc1C. The third kappa shape index (κ3) is 5.17. The minimum Gasteiger partial charge on any atom is -0.494 e. The number of piperazine rings is 1. The molecule has 2 fully saturated rings. The van der Waals surface area contributed by atoms with Gasteiger partial charge in [0.05, 0.1) is 11.5 Å². The number of amides is 1. The molecule has 2 heterocycles. The summed E-state index contributed by atoms with van der Waals surface area (Å²) in [6.45, 7) is 8.08. The number of carbonyl (C=O) groups is 1. The van der Waals surface area contributed by atoms with E-state index in [-0.39, 0.29) is 16.7 Å². The Bertz CT molecular complexity index is 1060. The van der Waals surface area contributed by atoms with Crippen molar-refractivity contribution in [3.8, 4) is 5.75 Å². The lowest BCUT2D eigenvalue weighted by atomic mass is 9.96. The van der Waals surface area contributed by atoms with Gasteiger partial charge in [-0.25, -0.2) is 8.42 Å². The van der Waals surface area contributed by atoms with Gasteiger partial charge < -0.3 is 14.5 Å². The average Bonchev–Trinajstić information content (AvgIpc) is 2.85. The van der Waals surface area contributed by atoms with Crippen LogP contribution in [-0.4, -0.2) is 69.4 Å². The van der Waals surface area contributed by atoms with Gasteiger partial charge in [-0.1, -0.05) is 18.2 Å². The molecular weight excluding hydrogens is 438 g/mol. The molecule has 0 bridgehead atoms. The van der Waals surface area contributed by atoms with Crippen molar-refractivity contribution < 1.29 is 17.9 Å². The molecular formula is C25H33N3O4S. The van der Waals surface area contributed by atoms with Crippen molar-refractivity contribution in [2.24, 2.45) is 5.92 Å². The summed E-state index contributed by atoms with van der Waals surface area (Å²) in [5.41, 5.74) is 1.99. The maximum absolute atomic E-state index is 13.1. The van der Waals surface area contributed by atoms with Crippen LogP contribution in [0.25, 0.3) is 0 Å². The molecule has 0 radical (unpaired) electrons. The Kier molecular flexibility index (Phi) is 7.24. The van der Waals surface area contributed by atoms with E-state index in [1.54, 1.807) is 18.2 Å². The highest BCUT2D eigenvalue weighted by molar-refractivity contribution is 7.89. The second-order valence-corrected chi connectivity index (χ2v) is 10.6. The normalized spacial score (nSPS) is 18.4. The number of hydrogen-bond acceptors (Lipinski definition) is 5. The van der Waals surface area contributed by atoms with E-state index >= 15 is 0 Å². The van der Waals surface area contributed by atoms with Gasteiger partial charge in [0.2, 0.25) is 15.9 Å². The maximum atomic E-state index is 13.1. The number of ether oxygens (including phenoxy) is 1.